The van der Waals surface area contributed by atoms with Crippen molar-refractivity contribution in [2.75, 3.05) is 0 Å². The number of carbonyl (C=O) groups is 1. The first-order valence-electron chi connectivity index (χ1n) is 11.0. The predicted octanol–water partition coefficient (Wildman–Crippen LogP) is 5.56. The molecule has 3 atom stereocenters. The normalized spacial score (nSPS) is 25.6. The lowest BCUT2D eigenvalue weighted by atomic mass is 9.76. The van der Waals surface area contributed by atoms with Gasteiger partial charge in [0.25, 0.3) is 0 Å². The van der Waals surface area contributed by atoms with Crippen LogP contribution in [0.5, 0.6) is 0 Å². The molecule has 154 valence electrons. The SMILES string of the molecule is CC(C)(C)C(C(=O)OC1CC2CCC(C1)N2Cc1ccccc1)c1ccccc1. The van der Waals surface area contributed by atoms with Gasteiger partial charge in [0.1, 0.15) is 6.10 Å². The highest BCUT2D eigenvalue weighted by Gasteiger charge is 2.43. The molecule has 0 N–H and O–H groups in total. The highest BCUT2D eigenvalue weighted by Crippen LogP contribution is 2.40. The van der Waals surface area contributed by atoms with Crippen LogP contribution in [0.1, 0.15) is 63.5 Å². The Morgan fingerprint density at radius 3 is 2.07 bits per heavy atom. The van der Waals surface area contributed by atoms with E-state index >= 15 is 0 Å². The Bertz CT molecular complexity index is 798. The van der Waals surface area contributed by atoms with Crippen LogP contribution in [0.25, 0.3) is 0 Å². The zero-order chi connectivity index (χ0) is 20.4. The third-order valence-electron chi connectivity index (χ3n) is 6.57. The summed E-state index contributed by atoms with van der Waals surface area (Å²) in [6.45, 7) is 7.37. The van der Waals surface area contributed by atoms with E-state index in [1.807, 2.05) is 30.3 Å². The Morgan fingerprint density at radius 2 is 1.52 bits per heavy atom. The molecule has 2 bridgehead atoms. The molecule has 2 aromatic rings. The fraction of sp³-hybridized carbons (Fsp3) is 0.500. The summed E-state index contributed by atoms with van der Waals surface area (Å²) in [5.41, 5.74) is 2.25. The largest absolute Gasteiger partial charge is 0.462 e. The van der Waals surface area contributed by atoms with E-state index in [0.717, 1.165) is 24.9 Å². The summed E-state index contributed by atoms with van der Waals surface area (Å²) in [5, 5.41) is 0. The molecule has 0 saturated carbocycles. The Morgan fingerprint density at radius 1 is 0.966 bits per heavy atom. The Balaban J connectivity index is 1.42. The lowest BCUT2D eigenvalue weighted by molar-refractivity contribution is -0.157. The molecule has 3 heteroatoms. The second-order valence-corrected chi connectivity index (χ2v) is 9.78. The highest BCUT2D eigenvalue weighted by molar-refractivity contribution is 5.79. The van der Waals surface area contributed by atoms with Gasteiger partial charge in [0.05, 0.1) is 5.92 Å². The van der Waals surface area contributed by atoms with E-state index < -0.39 is 0 Å². The minimum atomic E-state index is -0.233. The van der Waals surface area contributed by atoms with Gasteiger partial charge in [-0.3, -0.25) is 9.69 Å². The van der Waals surface area contributed by atoms with Gasteiger partial charge in [0, 0.05) is 31.5 Å². The van der Waals surface area contributed by atoms with Crippen molar-refractivity contribution in [2.24, 2.45) is 5.41 Å². The van der Waals surface area contributed by atoms with Crippen LogP contribution in [-0.2, 0) is 16.1 Å². The quantitative estimate of drug-likeness (QED) is 0.625. The minimum Gasteiger partial charge on any atom is -0.462 e. The smallest absolute Gasteiger partial charge is 0.314 e. The van der Waals surface area contributed by atoms with Crippen LogP contribution in [-0.4, -0.2) is 29.1 Å². The third-order valence-corrected chi connectivity index (χ3v) is 6.57. The van der Waals surface area contributed by atoms with E-state index in [-0.39, 0.29) is 23.4 Å². The lowest BCUT2D eigenvalue weighted by Crippen LogP contribution is -2.46. The molecule has 0 spiro atoms. The first-order valence-corrected chi connectivity index (χ1v) is 11.0. The summed E-state index contributed by atoms with van der Waals surface area (Å²) < 4.78 is 6.15. The maximum atomic E-state index is 13.2. The summed E-state index contributed by atoms with van der Waals surface area (Å²) in [5.74, 6) is -0.298. The van der Waals surface area contributed by atoms with Gasteiger partial charge in [-0.2, -0.15) is 0 Å². The van der Waals surface area contributed by atoms with Gasteiger partial charge in [-0.25, -0.2) is 0 Å². The first kappa shape index (κ1) is 20.2. The van der Waals surface area contributed by atoms with Crippen molar-refractivity contribution in [3.63, 3.8) is 0 Å². The summed E-state index contributed by atoms with van der Waals surface area (Å²) in [4.78, 5) is 15.9. The minimum absolute atomic E-state index is 0.0422. The topological polar surface area (TPSA) is 29.5 Å². The average molecular weight is 392 g/mol. The second-order valence-electron chi connectivity index (χ2n) is 9.78. The predicted molar refractivity (Wildman–Crippen MR) is 117 cm³/mol. The van der Waals surface area contributed by atoms with E-state index in [0.29, 0.717) is 12.1 Å². The number of piperidine rings is 1. The van der Waals surface area contributed by atoms with Crippen LogP contribution in [0.2, 0.25) is 0 Å². The summed E-state index contributed by atoms with van der Waals surface area (Å²) in [6, 6.07) is 21.9. The van der Waals surface area contributed by atoms with Crippen molar-refractivity contribution in [3.8, 4) is 0 Å². The molecule has 0 amide bonds. The van der Waals surface area contributed by atoms with Crippen LogP contribution in [0.15, 0.2) is 60.7 Å². The number of rotatable bonds is 5. The van der Waals surface area contributed by atoms with Crippen LogP contribution in [0.3, 0.4) is 0 Å². The number of nitrogens with zero attached hydrogens (tertiary/aromatic N) is 1. The molecular weight excluding hydrogens is 358 g/mol. The fourth-order valence-electron chi connectivity index (χ4n) is 5.24. The van der Waals surface area contributed by atoms with Crippen LogP contribution < -0.4 is 0 Å². The molecule has 4 rings (SSSR count). The number of carbonyl (C=O) groups excluding carboxylic acids is 1. The van der Waals surface area contributed by atoms with Crippen molar-refractivity contribution in [3.05, 3.63) is 71.8 Å². The fourth-order valence-corrected chi connectivity index (χ4v) is 5.24. The Hall–Kier alpha value is -2.13. The van der Waals surface area contributed by atoms with Gasteiger partial charge in [-0.1, -0.05) is 81.4 Å². The summed E-state index contributed by atoms with van der Waals surface area (Å²) in [7, 11) is 0. The molecular formula is C26H33NO2. The Labute approximate surface area is 175 Å². The molecule has 2 fully saturated rings. The van der Waals surface area contributed by atoms with Gasteiger partial charge in [-0.05, 0) is 29.4 Å². The molecule has 2 heterocycles. The van der Waals surface area contributed by atoms with E-state index in [2.05, 4.69) is 56.0 Å². The number of fused-ring (bicyclic) bond motifs is 2. The standard InChI is InChI=1S/C26H33NO2/c1-26(2,3)24(20-12-8-5-9-13-20)25(28)29-23-16-21-14-15-22(17-23)27(21)18-19-10-6-4-7-11-19/h4-13,21-24H,14-18H2,1-3H3. The first-order chi connectivity index (χ1) is 13.9. The second kappa shape index (κ2) is 8.31. The lowest BCUT2D eigenvalue weighted by Gasteiger charge is -2.39. The summed E-state index contributed by atoms with van der Waals surface area (Å²) >= 11 is 0. The van der Waals surface area contributed by atoms with E-state index in [9.17, 15) is 4.79 Å². The maximum Gasteiger partial charge on any atom is 0.314 e. The number of hydrogen-bond donors (Lipinski definition) is 0. The monoisotopic (exact) mass is 391 g/mol. The highest BCUT2D eigenvalue weighted by atomic mass is 16.5. The van der Waals surface area contributed by atoms with Crippen molar-refractivity contribution >= 4 is 5.97 Å². The molecule has 3 nitrogen and oxygen atoms in total. The molecule has 2 aliphatic rings. The molecule has 2 saturated heterocycles. The Kier molecular flexibility index (Phi) is 5.78. The maximum absolute atomic E-state index is 13.2. The van der Waals surface area contributed by atoms with Gasteiger partial charge in [0.15, 0.2) is 0 Å². The van der Waals surface area contributed by atoms with Gasteiger partial charge < -0.3 is 4.74 Å². The van der Waals surface area contributed by atoms with Crippen LogP contribution >= 0.6 is 0 Å². The van der Waals surface area contributed by atoms with Crippen molar-refractivity contribution in [1.29, 1.82) is 0 Å². The molecule has 0 radical (unpaired) electrons. The van der Waals surface area contributed by atoms with Crippen molar-refractivity contribution in [1.82, 2.24) is 4.90 Å². The number of esters is 1. The van der Waals surface area contributed by atoms with Gasteiger partial charge in [-0.15, -0.1) is 0 Å². The third kappa shape index (κ3) is 4.56. The molecule has 0 aliphatic carbocycles. The van der Waals surface area contributed by atoms with Gasteiger partial charge in [0.2, 0.25) is 0 Å². The molecule has 2 aromatic carbocycles. The van der Waals surface area contributed by atoms with Crippen LogP contribution in [0.4, 0.5) is 0 Å². The zero-order valence-corrected chi connectivity index (χ0v) is 17.9. The van der Waals surface area contributed by atoms with E-state index in [1.54, 1.807) is 0 Å². The summed E-state index contributed by atoms with van der Waals surface area (Å²) in [6.07, 6.45) is 4.39. The van der Waals surface area contributed by atoms with Crippen molar-refractivity contribution < 1.29 is 9.53 Å². The van der Waals surface area contributed by atoms with Crippen molar-refractivity contribution in [2.45, 2.75) is 77.1 Å². The molecule has 0 aromatic heterocycles. The number of ether oxygens (including phenoxy) is 1. The van der Waals surface area contributed by atoms with Gasteiger partial charge >= 0.3 is 5.97 Å². The number of hydrogen-bond acceptors (Lipinski definition) is 3. The van der Waals surface area contributed by atoms with E-state index in [4.69, 9.17) is 4.74 Å². The molecule has 29 heavy (non-hydrogen) atoms. The van der Waals surface area contributed by atoms with Crippen LogP contribution in [0, 0.1) is 5.41 Å². The number of benzene rings is 2. The zero-order valence-electron chi connectivity index (χ0n) is 17.9. The average Bonchev–Trinajstić information content (AvgIpc) is 2.91. The molecule has 2 aliphatic heterocycles. The van der Waals surface area contributed by atoms with E-state index in [1.165, 1.54) is 18.4 Å². The molecule has 3 unspecified atom stereocenters.